The third-order valence-corrected chi connectivity index (χ3v) is 3.39. The number of thiazole rings is 1. The predicted octanol–water partition coefficient (Wildman–Crippen LogP) is 4.47. The third kappa shape index (κ3) is 3.44. The lowest BCUT2D eigenvalue weighted by molar-refractivity contribution is -0.274. The van der Waals surface area contributed by atoms with Crippen molar-refractivity contribution in [3.8, 4) is 16.3 Å². The summed E-state index contributed by atoms with van der Waals surface area (Å²) in [5, 5.41) is 2.39. The molecule has 17 heavy (non-hydrogen) atoms. The number of rotatable bonds is 2. The van der Waals surface area contributed by atoms with E-state index in [-0.39, 0.29) is 5.75 Å². The molecule has 1 heterocycles. The van der Waals surface area contributed by atoms with Gasteiger partial charge in [0.1, 0.15) is 15.4 Å². The first-order valence-electron chi connectivity index (χ1n) is 4.41. The second kappa shape index (κ2) is 4.66. The summed E-state index contributed by atoms with van der Waals surface area (Å²) in [5.74, 6) is -0.249. The third-order valence-electron chi connectivity index (χ3n) is 1.79. The Bertz CT molecular complexity index is 526. The number of nitrogens with zero attached hydrogens (tertiary/aromatic N) is 1. The molecule has 2 rings (SSSR count). The molecular weight excluding hydrogens is 319 g/mol. The molecule has 90 valence electrons. The minimum Gasteiger partial charge on any atom is -0.406 e. The van der Waals surface area contributed by atoms with Crippen molar-refractivity contribution in [2.75, 3.05) is 0 Å². The highest BCUT2D eigenvalue weighted by Gasteiger charge is 2.31. The lowest BCUT2D eigenvalue weighted by Gasteiger charge is -2.09. The Kier molecular flexibility index (Phi) is 3.39. The molecule has 0 bridgehead atoms. The first-order valence-corrected chi connectivity index (χ1v) is 6.08. The topological polar surface area (TPSA) is 22.1 Å². The van der Waals surface area contributed by atoms with Crippen LogP contribution in [-0.4, -0.2) is 11.3 Å². The van der Waals surface area contributed by atoms with Crippen molar-refractivity contribution >= 4 is 27.3 Å². The van der Waals surface area contributed by atoms with E-state index in [9.17, 15) is 13.2 Å². The van der Waals surface area contributed by atoms with Gasteiger partial charge in [-0.1, -0.05) is 12.1 Å². The van der Waals surface area contributed by atoms with Crippen LogP contribution < -0.4 is 4.74 Å². The highest BCUT2D eigenvalue weighted by atomic mass is 79.9. The maximum Gasteiger partial charge on any atom is 0.573 e. The second-order valence-electron chi connectivity index (χ2n) is 3.05. The Morgan fingerprint density at radius 1 is 1.29 bits per heavy atom. The highest BCUT2D eigenvalue weighted by Crippen LogP contribution is 2.30. The van der Waals surface area contributed by atoms with Crippen molar-refractivity contribution in [1.29, 1.82) is 0 Å². The first-order chi connectivity index (χ1) is 7.94. The van der Waals surface area contributed by atoms with E-state index in [0.717, 1.165) is 0 Å². The molecule has 0 aliphatic carbocycles. The lowest BCUT2D eigenvalue weighted by Crippen LogP contribution is -2.17. The zero-order valence-corrected chi connectivity index (χ0v) is 10.6. The molecule has 1 aromatic carbocycles. The smallest absolute Gasteiger partial charge is 0.406 e. The maximum atomic E-state index is 12.0. The van der Waals surface area contributed by atoms with Crippen LogP contribution in [0.1, 0.15) is 0 Å². The number of halogens is 4. The number of alkyl halides is 3. The van der Waals surface area contributed by atoms with Crippen molar-refractivity contribution in [1.82, 2.24) is 4.98 Å². The fourth-order valence-electron chi connectivity index (χ4n) is 1.21. The summed E-state index contributed by atoms with van der Waals surface area (Å²) < 4.78 is 40.6. The molecule has 0 radical (unpaired) electrons. The van der Waals surface area contributed by atoms with Crippen LogP contribution in [0.5, 0.6) is 5.75 Å². The van der Waals surface area contributed by atoms with E-state index in [2.05, 4.69) is 25.7 Å². The molecule has 1 aromatic heterocycles. The van der Waals surface area contributed by atoms with Crippen LogP contribution in [0, 0.1) is 0 Å². The summed E-state index contributed by atoms with van der Waals surface area (Å²) in [4.78, 5) is 4.12. The fourth-order valence-corrected chi connectivity index (χ4v) is 2.46. The van der Waals surface area contributed by atoms with Gasteiger partial charge in [-0.15, -0.1) is 24.5 Å². The standard InChI is InChI=1S/C10H5BrF3NOS/c11-8-5-17-9(15-8)6-2-1-3-7(4-6)16-10(12,13)14/h1-5H. The molecule has 7 heteroatoms. The monoisotopic (exact) mass is 323 g/mol. The SMILES string of the molecule is FC(F)(F)Oc1cccc(-c2nc(Br)cs2)c1. The predicted molar refractivity (Wildman–Crippen MR) is 61.9 cm³/mol. The molecule has 0 amide bonds. The molecule has 2 aromatic rings. The number of aromatic nitrogens is 1. The molecule has 0 spiro atoms. The average Bonchev–Trinajstić information content (AvgIpc) is 2.63. The molecular formula is C10H5BrF3NOS. The Morgan fingerprint density at radius 3 is 2.65 bits per heavy atom. The molecule has 0 saturated heterocycles. The zero-order chi connectivity index (χ0) is 12.5. The van der Waals surface area contributed by atoms with E-state index in [1.165, 1.54) is 29.5 Å². The Morgan fingerprint density at radius 2 is 2.06 bits per heavy atom. The van der Waals surface area contributed by atoms with Gasteiger partial charge in [0.05, 0.1) is 0 Å². The summed E-state index contributed by atoms with van der Waals surface area (Å²) in [5.41, 5.74) is 0.586. The van der Waals surface area contributed by atoms with Crippen molar-refractivity contribution in [3.63, 3.8) is 0 Å². The quantitative estimate of drug-likeness (QED) is 0.813. The fraction of sp³-hybridized carbons (Fsp3) is 0.100. The first kappa shape index (κ1) is 12.4. The van der Waals surface area contributed by atoms with Gasteiger partial charge in [-0.05, 0) is 28.1 Å². The lowest BCUT2D eigenvalue weighted by atomic mass is 10.2. The Balaban J connectivity index is 2.29. The Hall–Kier alpha value is -1.08. The molecule has 0 atom stereocenters. The van der Waals surface area contributed by atoms with E-state index in [0.29, 0.717) is 15.2 Å². The van der Waals surface area contributed by atoms with Gasteiger partial charge in [-0.2, -0.15) is 0 Å². The van der Waals surface area contributed by atoms with Crippen molar-refractivity contribution in [3.05, 3.63) is 34.2 Å². The van der Waals surface area contributed by atoms with E-state index in [4.69, 9.17) is 0 Å². The number of ether oxygens (including phenoxy) is 1. The van der Waals surface area contributed by atoms with Crippen LogP contribution in [-0.2, 0) is 0 Å². The van der Waals surface area contributed by atoms with Crippen LogP contribution in [0.3, 0.4) is 0 Å². The van der Waals surface area contributed by atoms with Gasteiger partial charge >= 0.3 is 6.36 Å². The van der Waals surface area contributed by atoms with Crippen molar-refractivity contribution in [2.24, 2.45) is 0 Å². The van der Waals surface area contributed by atoms with Gasteiger partial charge in [0.15, 0.2) is 0 Å². The minimum atomic E-state index is -4.68. The van der Waals surface area contributed by atoms with E-state index in [1.54, 1.807) is 11.4 Å². The summed E-state index contributed by atoms with van der Waals surface area (Å²) in [6.07, 6.45) is -4.68. The number of benzene rings is 1. The van der Waals surface area contributed by atoms with E-state index >= 15 is 0 Å². The summed E-state index contributed by atoms with van der Waals surface area (Å²) in [6.45, 7) is 0. The van der Waals surface area contributed by atoms with Crippen molar-refractivity contribution in [2.45, 2.75) is 6.36 Å². The molecule has 2 nitrogen and oxygen atoms in total. The van der Waals surface area contributed by atoms with Crippen LogP contribution in [0.4, 0.5) is 13.2 Å². The normalized spacial score (nSPS) is 11.5. The summed E-state index contributed by atoms with van der Waals surface area (Å²) >= 11 is 4.52. The van der Waals surface area contributed by atoms with Gasteiger partial charge in [-0.25, -0.2) is 4.98 Å². The van der Waals surface area contributed by atoms with Gasteiger partial charge in [0, 0.05) is 10.9 Å². The molecule has 0 unspecified atom stereocenters. The van der Waals surface area contributed by atoms with Crippen LogP contribution in [0.25, 0.3) is 10.6 Å². The number of hydrogen-bond acceptors (Lipinski definition) is 3. The molecule has 0 saturated carbocycles. The Labute approximate surface area is 107 Å². The van der Waals surface area contributed by atoms with Crippen LogP contribution >= 0.6 is 27.3 Å². The van der Waals surface area contributed by atoms with Crippen LogP contribution in [0.2, 0.25) is 0 Å². The van der Waals surface area contributed by atoms with Crippen molar-refractivity contribution < 1.29 is 17.9 Å². The summed E-state index contributed by atoms with van der Waals surface area (Å²) in [6, 6.07) is 5.72. The molecule has 0 aliphatic heterocycles. The maximum absolute atomic E-state index is 12.0. The molecule has 0 aliphatic rings. The van der Waals surface area contributed by atoms with Crippen LogP contribution in [0.15, 0.2) is 34.2 Å². The molecule has 0 fully saturated rings. The largest absolute Gasteiger partial charge is 0.573 e. The second-order valence-corrected chi connectivity index (χ2v) is 4.72. The zero-order valence-electron chi connectivity index (χ0n) is 8.16. The average molecular weight is 324 g/mol. The number of hydrogen-bond donors (Lipinski definition) is 0. The van der Waals surface area contributed by atoms with Gasteiger partial charge < -0.3 is 4.74 Å². The van der Waals surface area contributed by atoms with E-state index < -0.39 is 6.36 Å². The van der Waals surface area contributed by atoms with Gasteiger partial charge in [0.2, 0.25) is 0 Å². The minimum absolute atomic E-state index is 0.249. The van der Waals surface area contributed by atoms with Gasteiger partial charge in [0.25, 0.3) is 0 Å². The summed E-state index contributed by atoms with van der Waals surface area (Å²) in [7, 11) is 0. The highest BCUT2D eigenvalue weighted by molar-refractivity contribution is 9.10. The van der Waals surface area contributed by atoms with E-state index in [1.807, 2.05) is 0 Å². The van der Waals surface area contributed by atoms with Gasteiger partial charge in [-0.3, -0.25) is 0 Å². The molecule has 0 N–H and O–H groups in total.